The lowest BCUT2D eigenvalue weighted by atomic mass is 10.1. The van der Waals surface area contributed by atoms with Crippen molar-refractivity contribution in [2.24, 2.45) is 0 Å². The van der Waals surface area contributed by atoms with Crippen LogP contribution in [0.15, 0.2) is 24.3 Å². The summed E-state index contributed by atoms with van der Waals surface area (Å²) in [7, 11) is -3.85. The minimum absolute atomic E-state index is 0.205. The maximum Gasteiger partial charge on any atom is 0.327 e. The molecule has 0 saturated heterocycles. The average molecular weight is 326 g/mol. The molecule has 0 aliphatic carbocycles. The van der Waals surface area contributed by atoms with Gasteiger partial charge in [0.2, 0.25) is 0 Å². The van der Waals surface area contributed by atoms with Gasteiger partial charge in [0.05, 0.1) is 5.69 Å². The molecule has 6 nitrogen and oxygen atoms in total. The van der Waals surface area contributed by atoms with E-state index in [1.54, 1.807) is 24.3 Å². The van der Waals surface area contributed by atoms with E-state index in [1.807, 2.05) is 13.8 Å². The van der Waals surface area contributed by atoms with E-state index in [0.717, 1.165) is 9.87 Å². The number of para-hydroxylation sites is 1. The van der Waals surface area contributed by atoms with Crippen molar-refractivity contribution in [3.8, 4) is 0 Å². The molecule has 0 spiro atoms. The van der Waals surface area contributed by atoms with Gasteiger partial charge >= 0.3 is 16.2 Å². The molecule has 1 heterocycles. The number of hydrogen-bond donors (Lipinski definition) is 1. The Morgan fingerprint density at radius 2 is 1.86 bits per heavy atom. The molecule has 0 radical (unpaired) electrons. The number of nitrogens with zero attached hydrogens (tertiary/aromatic N) is 2. The Kier molecular flexibility index (Phi) is 5.08. The summed E-state index contributed by atoms with van der Waals surface area (Å²) in [6.45, 7) is 4.60. The second-order valence-corrected chi connectivity index (χ2v) is 7.19. The molecule has 1 aliphatic heterocycles. The highest BCUT2D eigenvalue weighted by Crippen LogP contribution is 2.35. The van der Waals surface area contributed by atoms with E-state index in [-0.39, 0.29) is 6.42 Å². The third kappa shape index (κ3) is 2.96. The number of carboxylic acids is 1. The Balaban J connectivity index is 2.47. The van der Waals surface area contributed by atoms with Crippen LogP contribution in [0.2, 0.25) is 0 Å². The standard InChI is InChI=1S/C15H22N2O4S/c1-3-9-16(10-4-2)22(20,21)17-13-8-6-5-7-12(13)11-14(17)15(18)19/h5-8,14H,3-4,9-11H2,1-2H3,(H,18,19)/t14-/m0/s1. The van der Waals surface area contributed by atoms with Gasteiger partial charge in [0.1, 0.15) is 6.04 Å². The predicted molar refractivity (Wildman–Crippen MR) is 85.1 cm³/mol. The lowest BCUT2D eigenvalue weighted by Gasteiger charge is -2.31. The highest BCUT2D eigenvalue weighted by atomic mass is 32.2. The number of carbonyl (C=O) groups is 1. The SMILES string of the molecule is CCCN(CCC)S(=O)(=O)N1c2ccccc2C[C@H]1C(=O)O. The quantitative estimate of drug-likeness (QED) is 0.830. The molecule has 2 rings (SSSR count). The van der Waals surface area contributed by atoms with E-state index < -0.39 is 22.2 Å². The Morgan fingerprint density at radius 3 is 2.41 bits per heavy atom. The first-order valence-electron chi connectivity index (χ1n) is 7.53. The van der Waals surface area contributed by atoms with Crippen LogP contribution in [0.3, 0.4) is 0 Å². The first kappa shape index (κ1) is 16.8. The van der Waals surface area contributed by atoms with Gasteiger partial charge in [-0.25, -0.2) is 9.10 Å². The maximum absolute atomic E-state index is 13.0. The number of rotatable bonds is 7. The number of anilines is 1. The fourth-order valence-corrected chi connectivity index (χ4v) is 4.78. The van der Waals surface area contributed by atoms with Crippen LogP contribution in [0.25, 0.3) is 0 Å². The molecule has 0 saturated carbocycles. The third-order valence-corrected chi connectivity index (χ3v) is 5.70. The van der Waals surface area contributed by atoms with Gasteiger partial charge in [-0.2, -0.15) is 12.7 Å². The molecule has 0 aromatic heterocycles. The normalized spacial score (nSPS) is 17.8. The van der Waals surface area contributed by atoms with Gasteiger partial charge in [-0.05, 0) is 24.5 Å². The fourth-order valence-electron chi connectivity index (χ4n) is 2.80. The third-order valence-electron chi connectivity index (χ3n) is 3.73. The molecule has 1 aromatic carbocycles. The van der Waals surface area contributed by atoms with Crippen molar-refractivity contribution in [2.75, 3.05) is 17.4 Å². The summed E-state index contributed by atoms with van der Waals surface area (Å²) in [6.07, 6.45) is 1.58. The van der Waals surface area contributed by atoms with E-state index in [1.165, 1.54) is 4.31 Å². The molecule has 122 valence electrons. The summed E-state index contributed by atoms with van der Waals surface area (Å²) in [5, 5.41) is 9.44. The summed E-state index contributed by atoms with van der Waals surface area (Å²) in [5.74, 6) is -1.12. The van der Waals surface area contributed by atoms with E-state index in [4.69, 9.17) is 0 Å². The van der Waals surface area contributed by atoms with E-state index in [2.05, 4.69) is 0 Å². The summed E-state index contributed by atoms with van der Waals surface area (Å²) < 4.78 is 28.4. The zero-order valence-electron chi connectivity index (χ0n) is 12.9. The molecular weight excluding hydrogens is 304 g/mol. The van der Waals surface area contributed by atoms with Crippen LogP contribution in [0.5, 0.6) is 0 Å². The first-order chi connectivity index (χ1) is 10.4. The number of aliphatic carboxylic acids is 1. The predicted octanol–water partition coefficient (Wildman–Crippen LogP) is 1.87. The molecule has 0 amide bonds. The fraction of sp³-hybridized carbons (Fsp3) is 0.533. The van der Waals surface area contributed by atoms with Crippen LogP contribution in [0.4, 0.5) is 5.69 Å². The smallest absolute Gasteiger partial charge is 0.327 e. The summed E-state index contributed by atoms with van der Waals surface area (Å²) in [5.41, 5.74) is 1.23. The minimum Gasteiger partial charge on any atom is -0.480 e. The lowest BCUT2D eigenvalue weighted by Crippen LogP contribution is -2.50. The summed E-state index contributed by atoms with van der Waals surface area (Å²) in [6, 6.07) is 5.91. The topological polar surface area (TPSA) is 77.9 Å². The molecule has 7 heteroatoms. The monoisotopic (exact) mass is 326 g/mol. The van der Waals surface area contributed by atoms with Crippen LogP contribution in [0.1, 0.15) is 32.3 Å². The van der Waals surface area contributed by atoms with Crippen molar-refractivity contribution < 1.29 is 18.3 Å². The zero-order valence-corrected chi connectivity index (χ0v) is 13.7. The lowest BCUT2D eigenvalue weighted by molar-refractivity contribution is -0.138. The van der Waals surface area contributed by atoms with E-state index >= 15 is 0 Å². The molecule has 1 atom stereocenters. The van der Waals surface area contributed by atoms with Crippen molar-refractivity contribution in [1.82, 2.24) is 4.31 Å². The maximum atomic E-state index is 13.0. The largest absolute Gasteiger partial charge is 0.480 e. The second-order valence-electron chi connectivity index (χ2n) is 5.39. The van der Waals surface area contributed by atoms with Gasteiger partial charge in [-0.3, -0.25) is 0 Å². The van der Waals surface area contributed by atoms with Crippen molar-refractivity contribution in [2.45, 2.75) is 39.2 Å². The molecule has 0 bridgehead atoms. The molecular formula is C15H22N2O4S. The van der Waals surface area contributed by atoms with Crippen molar-refractivity contribution in [3.05, 3.63) is 29.8 Å². The minimum atomic E-state index is -3.85. The second kappa shape index (κ2) is 6.66. The van der Waals surface area contributed by atoms with Gasteiger partial charge in [0.15, 0.2) is 0 Å². The average Bonchev–Trinajstić information content (AvgIpc) is 2.87. The number of hydrogen-bond acceptors (Lipinski definition) is 3. The Morgan fingerprint density at radius 1 is 1.27 bits per heavy atom. The molecule has 0 unspecified atom stereocenters. The van der Waals surface area contributed by atoms with Crippen LogP contribution >= 0.6 is 0 Å². The van der Waals surface area contributed by atoms with E-state index in [0.29, 0.717) is 31.6 Å². The molecule has 22 heavy (non-hydrogen) atoms. The summed E-state index contributed by atoms with van der Waals surface area (Å²) >= 11 is 0. The van der Waals surface area contributed by atoms with E-state index in [9.17, 15) is 18.3 Å². The van der Waals surface area contributed by atoms with Crippen molar-refractivity contribution >= 4 is 21.9 Å². The van der Waals surface area contributed by atoms with Gasteiger partial charge in [0.25, 0.3) is 0 Å². The van der Waals surface area contributed by atoms with Gasteiger partial charge < -0.3 is 5.11 Å². The zero-order chi connectivity index (χ0) is 16.3. The Hall–Kier alpha value is -1.60. The molecule has 1 aliphatic rings. The highest BCUT2D eigenvalue weighted by molar-refractivity contribution is 7.90. The Bertz CT molecular complexity index is 639. The van der Waals surface area contributed by atoms with Crippen LogP contribution < -0.4 is 4.31 Å². The first-order valence-corrected chi connectivity index (χ1v) is 8.93. The summed E-state index contributed by atoms with van der Waals surface area (Å²) in [4.78, 5) is 11.5. The highest BCUT2D eigenvalue weighted by Gasteiger charge is 2.43. The Labute approximate surface area is 131 Å². The van der Waals surface area contributed by atoms with Crippen LogP contribution in [-0.2, 0) is 21.4 Å². The number of fused-ring (bicyclic) bond motifs is 1. The van der Waals surface area contributed by atoms with Crippen molar-refractivity contribution in [1.29, 1.82) is 0 Å². The molecule has 0 fully saturated rings. The van der Waals surface area contributed by atoms with Crippen LogP contribution in [0, 0.1) is 0 Å². The number of benzene rings is 1. The van der Waals surface area contributed by atoms with Gasteiger partial charge in [-0.15, -0.1) is 0 Å². The number of carboxylic acid groups (broad SMARTS) is 1. The van der Waals surface area contributed by atoms with Crippen LogP contribution in [-0.4, -0.2) is 42.9 Å². The molecule has 1 aromatic rings. The van der Waals surface area contributed by atoms with Crippen molar-refractivity contribution in [3.63, 3.8) is 0 Å². The van der Waals surface area contributed by atoms with Gasteiger partial charge in [0, 0.05) is 19.5 Å². The molecule has 1 N–H and O–H groups in total. The van der Waals surface area contributed by atoms with Gasteiger partial charge in [-0.1, -0.05) is 32.0 Å².